The molecule has 0 atom stereocenters. The van der Waals surface area contributed by atoms with Crippen LogP contribution in [0.4, 0.5) is 13.2 Å². The summed E-state index contributed by atoms with van der Waals surface area (Å²) in [4.78, 5) is -0.0200. The second-order valence-corrected chi connectivity index (χ2v) is 7.11. The Kier molecular flexibility index (Phi) is 5.35. The average Bonchev–Trinajstić information content (AvgIpc) is 2.46. The van der Waals surface area contributed by atoms with Crippen molar-refractivity contribution in [3.8, 4) is 0 Å². The number of halogens is 3. The molecule has 0 unspecified atom stereocenters. The molecule has 0 saturated heterocycles. The first-order valence-corrected chi connectivity index (χ1v) is 8.63. The Hall–Kier alpha value is -1.86. The molecule has 24 heavy (non-hydrogen) atoms. The van der Waals surface area contributed by atoms with Gasteiger partial charge in [-0.2, -0.15) is 21.6 Å². The van der Waals surface area contributed by atoms with E-state index >= 15 is 0 Å². The number of benzene rings is 2. The number of aryl methyl sites for hydroxylation is 2. The average molecular weight is 358 g/mol. The van der Waals surface area contributed by atoms with E-state index in [0.29, 0.717) is 5.56 Å². The van der Waals surface area contributed by atoms with E-state index in [1.54, 1.807) is 19.1 Å². The largest absolute Gasteiger partial charge is 0.416 e. The van der Waals surface area contributed by atoms with Crippen LogP contribution in [0, 0.1) is 13.8 Å². The van der Waals surface area contributed by atoms with Crippen LogP contribution < -0.4 is 0 Å². The lowest BCUT2D eigenvalue weighted by atomic mass is 10.0. The molecule has 3 nitrogen and oxygen atoms in total. The summed E-state index contributed by atoms with van der Waals surface area (Å²) < 4.78 is 67.9. The van der Waals surface area contributed by atoms with Gasteiger partial charge in [-0.15, -0.1) is 0 Å². The number of hydrogen-bond donors (Lipinski definition) is 0. The highest BCUT2D eigenvalue weighted by Crippen LogP contribution is 2.32. The van der Waals surface area contributed by atoms with E-state index in [4.69, 9.17) is 4.18 Å². The second kappa shape index (κ2) is 6.94. The molecule has 0 bridgehead atoms. The normalized spacial score (nSPS) is 12.4. The molecule has 0 aliphatic heterocycles. The predicted molar refractivity (Wildman–Crippen MR) is 84.2 cm³/mol. The molecule has 0 aliphatic rings. The maximum Gasteiger partial charge on any atom is 0.416 e. The lowest BCUT2D eigenvalue weighted by Gasteiger charge is -2.13. The van der Waals surface area contributed by atoms with Crippen molar-refractivity contribution in [1.29, 1.82) is 0 Å². The minimum absolute atomic E-state index is 0.0154. The maximum atomic E-state index is 13.0. The van der Waals surface area contributed by atoms with Crippen LogP contribution >= 0.6 is 0 Å². The Labute approximate surface area is 139 Å². The van der Waals surface area contributed by atoms with Gasteiger partial charge in [0.1, 0.15) is 0 Å². The molecule has 0 amide bonds. The Morgan fingerprint density at radius 1 is 0.958 bits per heavy atom. The zero-order valence-corrected chi connectivity index (χ0v) is 14.0. The SMILES string of the molecule is Cc1ccc(S(=O)(=O)OCCc2cc(C)ccc2C(F)(F)F)cc1. The summed E-state index contributed by atoms with van der Waals surface area (Å²) in [7, 11) is -3.99. The molecular weight excluding hydrogens is 341 g/mol. The molecule has 0 aliphatic carbocycles. The van der Waals surface area contributed by atoms with Gasteiger partial charge in [0.2, 0.25) is 0 Å². The highest BCUT2D eigenvalue weighted by atomic mass is 32.2. The van der Waals surface area contributed by atoms with Crippen LogP contribution in [-0.2, 0) is 26.9 Å². The van der Waals surface area contributed by atoms with E-state index in [1.165, 1.54) is 24.3 Å². The number of hydrogen-bond acceptors (Lipinski definition) is 3. The van der Waals surface area contributed by atoms with Gasteiger partial charge in [0.05, 0.1) is 17.1 Å². The topological polar surface area (TPSA) is 43.4 Å². The Bertz CT molecular complexity index is 810. The van der Waals surface area contributed by atoms with Gasteiger partial charge in [-0.1, -0.05) is 35.4 Å². The zero-order chi connectivity index (χ0) is 18.0. The van der Waals surface area contributed by atoms with Crippen LogP contribution in [0.2, 0.25) is 0 Å². The Morgan fingerprint density at radius 3 is 2.12 bits per heavy atom. The third-order valence-corrected chi connectivity index (χ3v) is 4.81. The predicted octanol–water partition coefficient (Wildman–Crippen LogP) is 4.27. The fourth-order valence-electron chi connectivity index (χ4n) is 2.24. The summed E-state index contributed by atoms with van der Waals surface area (Å²) in [5, 5.41) is 0. The van der Waals surface area contributed by atoms with E-state index in [-0.39, 0.29) is 23.5 Å². The van der Waals surface area contributed by atoms with Gasteiger partial charge < -0.3 is 0 Å². The zero-order valence-electron chi connectivity index (χ0n) is 13.2. The fourth-order valence-corrected chi connectivity index (χ4v) is 3.15. The molecule has 0 heterocycles. The van der Waals surface area contributed by atoms with Gasteiger partial charge in [0, 0.05) is 0 Å². The smallest absolute Gasteiger partial charge is 0.266 e. The molecule has 7 heteroatoms. The van der Waals surface area contributed by atoms with Crippen molar-refractivity contribution >= 4 is 10.1 Å². The van der Waals surface area contributed by atoms with E-state index in [0.717, 1.165) is 11.6 Å². The molecule has 2 aromatic carbocycles. The quantitative estimate of drug-likeness (QED) is 0.750. The minimum atomic E-state index is -4.49. The molecular formula is C17H17F3O3S. The third-order valence-electron chi connectivity index (χ3n) is 3.49. The van der Waals surface area contributed by atoms with E-state index < -0.39 is 21.9 Å². The van der Waals surface area contributed by atoms with Crippen LogP contribution in [0.3, 0.4) is 0 Å². The molecule has 0 fully saturated rings. The highest BCUT2D eigenvalue weighted by molar-refractivity contribution is 7.86. The van der Waals surface area contributed by atoms with Gasteiger partial charge in [0.15, 0.2) is 0 Å². The monoisotopic (exact) mass is 358 g/mol. The second-order valence-electron chi connectivity index (χ2n) is 5.50. The summed E-state index contributed by atoms with van der Waals surface area (Å²) in [6.45, 7) is 3.13. The van der Waals surface area contributed by atoms with Crippen molar-refractivity contribution in [2.24, 2.45) is 0 Å². The molecule has 0 spiro atoms. The van der Waals surface area contributed by atoms with Crippen LogP contribution in [-0.4, -0.2) is 15.0 Å². The molecule has 0 saturated carbocycles. The standard InChI is InChI=1S/C17H17F3O3S/c1-12-3-6-15(7-4-12)24(21,22)23-10-9-14-11-13(2)5-8-16(14)17(18,19)20/h3-8,11H,9-10H2,1-2H3. The maximum absolute atomic E-state index is 13.0. The Balaban J connectivity index is 2.12. The van der Waals surface area contributed by atoms with E-state index in [2.05, 4.69) is 0 Å². The van der Waals surface area contributed by atoms with E-state index in [9.17, 15) is 21.6 Å². The molecule has 2 aromatic rings. The summed E-state index contributed by atoms with van der Waals surface area (Å²) in [6.07, 6.45) is -4.64. The molecule has 130 valence electrons. The van der Waals surface area contributed by atoms with Crippen molar-refractivity contribution in [2.75, 3.05) is 6.61 Å². The lowest BCUT2D eigenvalue weighted by molar-refractivity contribution is -0.138. The number of rotatable bonds is 5. The molecule has 2 rings (SSSR count). The first-order valence-electron chi connectivity index (χ1n) is 7.22. The summed E-state index contributed by atoms with van der Waals surface area (Å²) in [6, 6.07) is 9.81. The van der Waals surface area contributed by atoms with Crippen molar-refractivity contribution in [2.45, 2.75) is 31.3 Å². The first kappa shape index (κ1) is 18.5. The van der Waals surface area contributed by atoms with Gasteiger partial charge in [-0.05, 0) is 44.0 Å². The molecule has 0 radical (unpaired) electrons. The van der Waals surface area contributed by atoms with Crippen molar-refractivity contribution < 1.29 is 25.8 Å². The van der Waals surface area contributed by atoms with Crippen molar-refractivity contribution in [1.82, 2.24) is 0 Å². The summed E-state index contributed by atoms with van der Waals surface area (Å²) >= 11 is 0. The van der Waals surface area contributed by atoms with Crippen LogP contribution in [0.5, 0.6) is 0 Å². The highest BCUT2D eigenvalue weighted by Gasteiger charge is 2.33. The van der Waals surface area contributed by atoms with Crippen molar-refractivity contribution in [3.63, 3.8) is 0 Å². The van der Waals surface area contributed by atoms with E-state index in [1.807, 2.05) is 6.92 Å². The van der Waals surface area contributed by atoms with Gasteiger partial charge in [-0.25, -0.2) is 0 Å². The van der Waals surface area contributed by atoms with Crippen LogP contribution in [0.1, 0.15) is 22.3 Å². The van der Waals surface area contributed by atoms with Gasteiger partial charge in [-0.3, -0.25) is 4.18 Å². The lowest BCUT2D eigenvalue weighted by Crippen LogP contribution is -2.13. The van der Waals surface area contributed by atoms with Gasteiger partial charge in [0.25, 0.3) is 10.1 Å². The fraction of sp³-hybridized carbons (Fsp3) is 0.294. The minimum Gasteiger partial charge on any atom is -0.266 e. The summed E-state index contributed by atoms with van der Waals surface area (Å²) in [5.74, 6) is 0. The van der Waals surface area contributed by atoms with Crippen LogP contribution in [0.15, 0.2) is 47.4 Å². The Morgan fingerprint density at radius 2 is 1.54 bits per heavy atom. The summed E-state index contributed by atoms with van der Waals surface area (Å²) in [5.41, 5.74) is 0.800. The third kappa shape index (κ3) is 4.58. The molecule has 0 aromatic heterocycles. The van der Waals surface area contributed by atoms with Crippen molar-refractivity contribution in [3.05, 3.63) is 64.7 Å². The van der Waals surface area contributed by atoms with Gasteiger partial charge >= 0.3 is 6.18 Å². The first-order chi connectivity index (χ1) is 11.1. The molecule has 0 N–H and O–H groups in total. The van der Waals surface area contributed by atoms with Crippen LogP contribution in [0.25, 0.3) is 0 Å². The number of alkyl halides is 3.